The average Bonchev–Trinajstić information content (AvgIpc) is 2.86. The molecule has 1 aliphatic rings. The molecule has 7 nitrogen and oxygen atoms in total. The van der Waals surface area contributed by atoms with E-state index >= 15 is 0 Å². The number of anilines is 2. The van der Waals surface area contributed by atoms with Crippen LogP contribution in [-0.4, -0.2) is 41.9 Å². The number of halogens is 3. The van der Waals surface area contributed by atoms with Crippen molar-refractivity contribution in [1.29, 1.82) is 0 Å². The van der Waals surface area contributed by atoms with Gasteiger partial charge in [0.25, 0.3) is 0 Å². The number of rotatable bonds is 6. The van der Waals surface area contributed by atoms with Crippen molar-refractivity contribution in [1.82, 2.24) is 9.88 Å². The number of carbonyl (C=O) groups is 1. The number of nitrogens with zero attached hydrogens (tertiary/aromatic N) is 3. The predicted octanol–water partition coefficient (Wildman–Crippen LogP) is 5.71. The lowest BCUT2D eigenvalue weighted by molar-refractivity contribution is -0.137. The fraction of sp³-hybridized carbons (Fsp3) is 0.269. The highest BCUT2D eigenvalue weighted by atomic mass is 19.4. The molecule has 1 aromatic heterocycles. The molecule has 4 rings (SSSR count). The molecule has 0 spiro atoms. The molecule has 0 unspecified atom stereocenters. The third kappa shape index (κ3) is 5.94. The number of nitrogens with one attached hydrogen (secondary N) is 2. The monoisotopic (exact) mass is 497 g/mol. The Kier molecular flexibility index (Phi) is 7.42. The lowest BCUT2D eigenvalue weighted by Gasteiger charge is -2.30. The molecule has 0 atom stereocenters. The topological polar surface area (TPSA) is 78.9 Å². The summed E-state index contributed by atoms with van der Waals surface area (Å²) in [5.41, 5.74) is 2.35. The molecule has 0 fully saturated rings. The Morgan fingerprint density at radius 2 is 1.81 bits per heavy atom. The zero-order chi connectivity index (χ0) is 25.7. The highest BCUT2D eigenvalue weighted by Crippen LogP contribution is 2.35. The molecule has 2 aromatic carbocycles. The first-order chi connectivity index (χ1) is 17.2. The smallest absolute Gasteiger partial charge is 0.416 e. The van der Waals surface area contributed by atoms with E-state index in [0.29, 0.717) is 12.2 Å². The first-order valence-electron chi connectivity index (χ1n) is 11.4. The number of aromatic nitrogens is 1. The van der Waals surface area contributed by atoms with Crippen LogP contribution in [0.25, 0.3) is 0 Å². The molecule has 2 N–H and O–H groups in total. The number of ether oxygens (including phenoxy) is 1. The Hall–Kier alpha value is -4.08. The summed E-state index contributed by atoms with van der Waals surface area (Å²) < 4.78 is 44.5. The molecule has 1 aliphatic heterocycles. The highest BCUT2D eigenvalue weighted by molar-refractivity contribution is 6.01. The van der Waals surface area contributed by atoms with E-state index in [0.717, 1.165) is 54.2 Å². The quantitative estimate of drug-likeness (QED) is 0.457. The van der Waals surface area contributed by atoms with Crippen LogP contribution in [0.4, 0.5) is 29.3 Å². The first-order valence-corrected chi connectivity index (χ1v) is 11.4. The molecular formula is C26H26F3N5O2. The largest absolute Gasteiger partial charge is 0.495 e. The summed E-state index contributed by atoms with van der Waals surface area (Å²) in [7, 11) is 1.32. The highest BCUT2D eigenvalue weighted by Gasteiger charge is 2.31. The average molecular weight is 498 g/mol. The Morgan fingerprint density at radius 3 is 2.53 bits per heavy atom. The van der Waals surface area contributed by atoms with E-state index in [1.54, 1.807) is 12.4 Å². The molecule has 2 heterocycles. The molecule has 3 aromatic rings. The van der Waals surface area contributed by atoms with Crippen LogP contribution in [0, 0.1) is 6.92 Å². The zero-order valence-electron chi connectivity index (χ0n) is 19.9. The minimum atomic E-state index is -4.54. The van der Waals surface area contributed by atoms with Gasteiger partial charge in [0.2, 0.25) is 0 Å². The van der Waals surface area contributed by atoms with Gasteiger partial charge in [-0.3, -0.25) is 9.98 Å². The van der Waals surface area contributed by atoms with Gasteiger partial charge in [0.05, 0.1) is 18.4 Å². The fourth-order valence-corrected chi connectivity index (χ4v) is 3.96. The van der Waals surface area contributed by atoms with Gasteiger partial charge in [-0.15, -0.1) is 0 Å². The lowest BCUT2D eigenvalue weighted by atomic mass is 10.1. The number of hydrogen-bond acceptors (Lipinski definition) is 5. The van der Waals surface area contributed by atoms with Gasteiger partial charge in [0.15, 0.2) is 0 Å². The molecular weight excluding hydrogens is 471 g/mol. The third-order valence-corrected chi connectivity index (χ3v) is 5.78. The maximum Gasteiger partial charge on any atom is 0.416 e. The number of aliphatic imine (C=N–C) groups is 1. The van der Waals surface area contributed by atoms with Crippen LogP contribution in [0.1, 0.15) is 28.7 Å². The van der Waals surface area contributed by atoms with Gasteiger partial charge in [0.1, 0.15) is 11.6 Å². The van der Waals surface area contributed by atoms with Crippen molar-refractivity contribution in [3.8, 4) is 5.75 Å². The van der Waals surface area contributed by atoms with Crippen LogP contribution in [0.3, 0.4) is 0 Å². The second kappa shape index (κ2) is 10.7. The number of carbonyl (C=O) groups excluding carboxylic acids is 1. The van der Waals surface area contributed by atoms with Crippen molar-refractivity contribution >= 4 is 23.2 Å². The third-order valence-electron chi connectivity index (χ3n) is 5.78. The number of urea groups is 1. The molecule has 0 radical (unpaired) electrons. The van der Waals surface area contributed by atoms with Crippen LogP contribution < -0.4 is 15.4 Å². The number of hydrogen-bond donors (Lipinski definition) is 2. The van der Waals surface area contributed by atoms with E-state index in [2.05, 4.69) is 20.5 Å². The Balaban J connectivity index is 1.50. The van der Waals surface area contributed by atoms with Gasteiger partial charge < -0.3 is 20.3 Å². The second-order valence-electron chi connectivity index (χ2n) is 8.36. The normalized spacial score (nSPS) is 13.7. The van der Waals surface area contributed by atoms with Crippen molar-refractivity contribution in [2.45, 2.75) is 26.1 Å². The number of alkyl halides is 3. The van der Waals surface area contributed by atoms with Gasteiger partial charge >= 0.3 is 12.2 Å². The van der Waals surface area contributed by atoms with E-state index in [4.69, 9.17) is 9.73 Å². The number of pyridine rings is 1. The molecule has 188 valence electrons. The summed E-state index contributed by atoms with van der Waals surface area (Å²) in [6.07, 6.45) is -0.142. The minimum absolute atomic E-state index is 0.0786. The molecule has 0 saturated heterocycles. The summed E-state index contributed by atoms with van der Waals surface area (Å²) in [5, 5.41) is 5.21. The van der Waals surface area contributed by atoms with Crippen molar-refractivity contribution in [2.24, 2.45) is 4.99 Å². The summed E-state index contributed by atoms with van der Waals surface area (Å²) in [6.45, 7) is 4.02. The second-order valence-corrected chi connectivity index (χ2v) is 8.36. The van der Waals surface area contributed by atoms with Crippen LogP contribution >= 0.6 is 0 Å². The SMILES string of the molecule is COc1ccc(C(F)(F)F)cc1NC(=O)Nc1cc(CN2CCCN=C2c2ccncc2)ccc1C. The molecule has 2 amide bonds. The summed E-state index contributed by atoms with van der Waals surface area (Å²) in [5.74, 6) is 1.02. The van der Waals surface area contributed by atoms with Crippen molar-refractivity contribution in [3.63, 3.8) is 0 Å². The van der Waals surface area contributed by atoms with Gasteiger partial charge in [-0.1, -0.05) is 12.1 Å². The number of methoxy groups -OCH3 is 1. The number of benzene rings is 2. The zero-order valence-corrected chi connectivity index (χ0v) is 19.9. The van der Waals surface area contributed by atoms with Gasteiger partial charge in [0, 0.05) is 43.3 Å². The van der Waals surface area contributed by atoms with E-state index < -0.39 is 17.8 Å². The van der Waals surface area contributed by atoms with E-state index in [-0.39, 0.29) is 11.4 Å². The predicted molar refractivity (Wildman–Crippen MR) is 132 cm³/mol. The number of aryl methyl sites for hydroxylation is 1. The number of amidine groups is 1. The van der Waals surface area contributed by atoms with Crippen molar-refractivity contribution < 1.29 is 22.7 Å². The van der Waals surface area contributed by atoms with Gasteiger partial charge in [-0.2, -0.15) is 13.2 Å². The fourth-order valence-electron chi connectivity index (χ4n) is 3.96. The van der Waals surface area contributed by atoms with E-state index in [9.17, 15) is 18.0 Å². The van der Waals surface area contributed by atoms with Crippen molar-refractivity contribution in [3.05, 3.63) is 83.2 Å². The van der Waals surface area contributed by atoms with E-state index in [1.165, 1.54) is 13.2 Å². The van der Waals surface area contributed by atoms with Crippen LogP contribution in [0.5, 0.6) is 5.75 Å². The van der Waals surface area contributed by atoms with Crippen LogP contribution in [0.15, 0.2) is 65.9 Å². The summed E-state index contributed by atoms with van der Waals surface area (Å²) >= 11 is 0. The molecule has 10 heteroatoms. The van der Waals surface area contributed by atoms with Crippen LogP contribution in [0.2, 0.25) is 0 Å². The maximum absolute atomic E-state index is 13.1. The van der Waals surface area contributed by atoms with Gasteiger partial charge in [-0.05, 0) is 60.9 Å². The molecule has 0 bridgehead atoms. The van der Waals surface area contributed by atoms with Crippen molar-refractivity contribution in [2.75, 3.05) is 30.8 Å². The maximum atomic E-state index is 13.1. The van der Waals surface area contributed by atoms with E-state index in [1.807, 2.05) is 37.3 Å². The standard InChI is InChI=1S/C26H26F3N5O2/c1-17-4-5-18(16-34-13-3-10-31-24(34)19-8-11-30-12-9-19)14-21(17)32-25(35)33-22-15-20(26(27,28)29)6-7-23(22)36-2/h4-9,11-12,14-15H,3,10,13,16H2,1-2H3,(H2,32,33,35). The van der Waals surface area contributed by atoms with Crippen LogP contribution in [-0.2, 0) is 12.7 Å². The first kappa shape index (κ1) is 25.0. The Labute approximate surface area is 207 Å². The summed E-state index contributed by atoms with van der Waals surface area (Å²) in [4.78, 5) is 23.7. The minimum Gasteiger partial charge on any atom is -0.495 e. The summed E-state index contributed by atoms with van der Waals surface area (Å²) in [6, 6.07) is 11.8. The Bertz CT molecular complexity index is 1260. The lowest BCUT2D eigenvalue weighted by Crippen LogP contribution is -2.35. The molecule has 0 aliphatic carbocycles. The number of amides is 2. The molecule has 36 heavy (non-hydrogen) atoms. The Morgan fingerprint density at radius 1 is 1.06 bits per heavy atom. The van der Waals surface area contributed by atoms with Gasteiger partial charge in [-0.25, -0.2) is 4.79 Å². The molecule has 0 saturated carbocycles.